The van der Waals surface area contributed by atoms with E-state index in [2.05, 4.69) is 5.32 Å². The van der Waals surface area contributed by atoms with Gasteiger partial charge in [0.15, 0.2) is 9.84 Å². The molecule has 2 aromatic carbocycles. The number of carbonyl (C=O) groups excluding carboxylic acids is 2. The zero-order chi connectivity index (χ0) is 25.4. The fraction of sp³-hybridized carbons (Fsp3) is 0.391. The predicted molar refractivity (Wildman–Crippen MR) is 122 cm³/mol. The van der Waals surface area contributed by atoms with Crippen molar-refractivity contribution in [3.63, 3.8) is 0 Å². The molecule has 4 atom stereocenters. The lowest BCUT2D eigenvalue weighted by Gasteiger charge is -2.28. The lowest BCUT2D eigenvalue weighted by molar-refractivity contribution is -0.126. The van der Waals surface area contributed by atoms with Crippen LogP contribution >= 0.6 is 11.6 Å². The average molecular weight is 515 g/mol. The van der Waals surface area contributed by atoms with Gasteiger partial charge in [-0.25, -0.2) is 17.2 Å². The SMILES string of the molecule is C[C@@H]1C[C@H](C(=O)N[C@@H](c2cc(F)c(Cl)cc2F)[C@H](C)O)N(C(=O)c2cccc(S(C)(=O)=O)c2)C1. The van der Waals surface area contributed by atoms with Crippen LogP contribution in [0.25, 0.3) is 0 Å². The monoisotopic (exact) mass is 514 g/mol. The summed E-state index contributed by atoms with van der Waals surface area (Å²) in [6, 6.07) is 4.85. The Labute approximate surface area is 201 Å². The minimum Gasteiger partial charge on any atom is -0.391 e. The summed E-state index contributed by atoms with van der Waals surface area (Å²) in [5, 5.41) is 12.3. The molecular weight excluding hydrogens is 490 g/mol. The van der Waals surface area contributed by atoms with Gasteiger partial charge in [-0.3, -0.25) is 9.59 Å². The Morgan fingerprint density at radius 3 is 2.50 bits per heavy atom. The molecule has 0 unspecified atom stereocenters. The number of aliphatic hydroxyl groups is 1. The third kappa shape index (κ3) is 5.56. The Morgan fingerprint density at radius 1 is 1.21 bits per heavy atom. The third-order valence-corrected chi connectivity index (χ3v) is 7.14. The van der Waals surface area contributed by atoms with Crippen LogP contribution in [-0.2, 0) is 14.6 Å². The van der Waals surface area contributed by atoms with Gasteiger partial charge in [-0.2, -0.15) is 0 Å². The van der Waals surface area contributed by atoms with E-state index in [1.807, 2.05) is 6.92 Å². The molecule has 11 heteroatoms. The zero-order valence-electron chi connectivity index (χ0n) is 18.8. The smallest absolute Gasteiger partial charge is 0.254 e. The highest BCUT2D eigenvalue weighted by atomic mass is 35.5. The van der Waals surface area contributed by atoms with E-state index in [-0.39, 0.29) is 28.5 Å². The number of carbonyl (C=O) groups is 2. The summed E-state index contributed by atoms with van der Waals surface area (Å²) in [7, 11) is -3.54. The van der Waals surface area contributed by atoms with Gasteiger partial charge in [0.25, 0.3) is 5.91 Å². The van der Waals surface area contributed by atoms with Crippen LogP contribution in [0.2, 0.25) is 5.02 Å². The summed E-state index contributed by atoms with van der Waals surface area (Å²) < 4.78 is 52.2. The number of nitrogens with zero attached hydrogens (tertiary/aromatic N) is 1. The van der Waals surface area contributed by atoms with E-state index in [0.29, 0.717) is 6.42 Å². The van der Waals surface area contributed by atoms with Crippen LogP contribution in [-0.4, -0.2) is 55.2 Å². The molecule has 0 radical (unpaired) electrons. The van der Waals surface area contributed by atoms with Gasteiger partial charge in [-0.1, -0.05) is 24.6 Å². The topological polar surface area (TPSA) is 104 Å². The molecule has 0 aromatic heterocycles. The minimum absolute atomic E-state index is 0.0268. The Morgan fingerprint density at radius 2 is 1.88 bits per heavy atom. The van der Waals surface area contributed by atoms with Crippen LogP contribution in [0.4, 0.5) is 8.78 Å². The lowest BCUT2D eigenvalue weighted by atomic mass is 10.00. The number of rotatable bonds is 6. The second-order valence-corrected chi connectivity index (χ2v) is 11.1. The Balaban J connectivity index is 1.88. The predicted octanol–water partition coefficient (Wildman–Crippen LogP) is 3.11. The molecule has 184 valence electrons. The van der Waals surface area contributed by atoms with E-state index in [1.165, 1.54) is 36.1 Å². The number of sulfone groups is 1. The number of likely N-dealkylation sites (tertiary alicyclic amines) is 1. The highest BCUT2D eigenvalue weighted by Gasteiger charge is 2.39. The van der Waals surface area contributed by atoms with Gasteiger partial charge in [-0.05, 0) is 49.6 Å². The number of hydrogen-bond donors (Lipinski definition) is 2. The summed E-state index contributed by atoms with van der Waals surface area (Å²) in [6.07, 6.45) is 0.0426. The van der Waals surface area contributed by atoms with Crippen LogP contribution in [0.15, 0.2) is 41.3 Å². The first-order chi connectivity index (χ1) is 15.8. The first-order valence-corrected chi connectivity index (χ1v) is 12.8. The minimum atomic E-state index is -3.54. The molecule has 0 bridgehead atoms. The van der Waals surface area contributed by atoms with Gasteiger partial charge < -0.3 is 15.3 Å². The van der Waals surface area contributed by atoms with E-state index in [9.17, 15) is 31.9 Å². The van der Waals surface area contributed by atoms with E-state index >= 15 is 0 Å². The van der Waals surface area contributed by atoms with E-state index in [4.69, 9.17) is 11.6 Å². The number of nitrogens with one attached hydrogen (secondary N) is 1. The zero-order valence-corrected chi connectivity index (χ0v) is 20.3. The number of benzene rings is 2. The second kappa shape index (κ2) is 9.97. The molecule has 0 saturated carbocycles. The Kier molecular flexibility index (Phi) is 7.64. The van der Waals surface area contributed by atoms with E-state index < -0.39 is 56.5 Å². The molecule has 0 aliphatic carbocycles. The van der Waals surface area contributed by atoms with Crippen molar-refractivity contribution in [2.24, 2.45) is 5.92 Å². The van der Waals surface area contributed by atoms with Gasteiger partial charge in [-0.15, -0.1) is 0 Å². The summed E-state index contributed by atoms with van der Waals surface area (Å²) in [5.41, 5.74) is -0.178. The van der Waals surface area contributed by atoms with Gasteiger partial charge >= 0.3 is 0 Å². The normalized spacial score (nSPS) is 20.1. The molecule has 1 saturated heterocycles. The van der Waals surface area contributed by atoms with Crippen LogP contribution in [0.3, 0.4) is 0 Å². The van der Waals surface area contributed by atoms with Gasteiger partial charge in [0.1, 0.15) is 17.7 Å². The fourth-order valence-corrected chi connectivity index (χ4v) is 4.85. The quantitative estimate of drug-likeness (QED) is 0.576. The van der Waals surface area contributed by atoms with Crippen molar-refractivity contribution in [1.82, 2.24) is 10.2 Å². The van der Waals surface area contributed by atoms with Crippen molar-refractivity contribution in [2.75, 3.05) is 12.8 Å². The maximum absolute atomic E-state index is 14.5. The van der Waals surface area contributed by atoms with E-state index in [0.717, 1.165) is 18.4 Å². The molecule has 0 spiro atoms. The highest BCUT2D eigenvalue weighted by molar-refractivity contribution is 7.90. The van der Waals surface area contributed by atoms with Crippen molar-refractivity contribution >= 4 is 33.3 Å². The van der Waals surface area contributed by atoms with Gasteiger partial charge in [0.05, 0.1) is 22.1 Å². The molecule has 1 heterocycles. The largest absolute Gasteiger partial charge is 0.391 e. The summed E-state index contributed by atoms with van der Waals surface area (Å²) >= 11 is 5.60. The Bertz CT molecular complexity index is 1220. The molecule has 3 rings (SSSR count). The summed E-state index contributed by atoms with van der Waals surface area (Å²) in [4.78, 5) is 27.6. The lowest BCUT2D eigenvalue weighted by Crippen LogP contribution is -2.48. The second-order valence-electron chi connectivity index (χ2n) is 8.63. The first kappa shape index (κ1) is 26.1. The standard InChI is InChI=1S/C23H25ClF2N2O5S/c1-12-7-20(28(11-12)23(31)14-5-4-6-15(8-14)34(3,32)33)22(30)27-21(13(2)29)16-9-19(26)17(24)10-18(16)25/h4-6,8-10,12-13,20-21,29H,7,11H2,1-3H3,(H,27,30)/t12-,13+,20-,21-/m1/s1. The fourth-order valence-electron chi connectivity index (χ4n) is 4.03. The molecule has 1 aliphatic rings. The summed E-state index contributed by atoms with van der Waals surface area (Å²) in [5.74, 6) is -3.05. The highest BCUT2D eigenvalue weighted by Crippen LogP contribution is 2.29. The van der Waals surface area contributed by atoms with Crippen molar-refractivity contribution < 1.29 is 31.9 Å². The third-order valence-electron chi connectivity index (χ3n) is 5.74. The molecule has 1 fully saturated rings. The number of aliphatic hydroxyl groups excluding tert-OH is 1. The molecule has 2 amide bonds. The van der Waals surface area contributed by atoms with Crippen molar-refractivity contribution in [2.45, 2.75) is 43.4 Å². The van der Waals surface area contributed by atoms with Crippen LogP contribution in [0.5, 0.6) is 0 Å². The van der Waals surface area contributed by atoms with Crippen LogP contribution in [0.1, 0.15) is 42.2 Å². The summed E-state index contributed by atoms with van der Waals surface area (Å²) in [6.45, 7) is 3.40. The van der Waals surface area contributed by atoms with Crippen LogP contribution in [0, 0.1) is 17.6 Å². The first-order valence-electron chi connectivity index (χ1n) is 10.5. The molecule has 2 N–H and O–H groups in total. The molecular formula is C23H25ClF2N2O5S. The number of halogens is 3. The molecule has 2 aromatic rings. The van der Waals surface area contributed by atoms with Crippen LogP contribution < -0.4 is 5.32 Å². The molecule has 1 aliphatic heterocycles. The molecule has 7 nitrogen and oxygen atoms in total. The maximum Gasteiger partial charge on any atom is 0.254 e. The van der Waals surface area contributed by atoms with E-state index in [1.54, 1.807) is 0 Å². The number of amides is 2. The Hall–Kier alpha value is -2.56. The van der Waals surface area contributed by atoms with Crippen molar-refractivity contribution in [3.8, 4) is 0 Å². The van der Waals surface area contributed by atoms with Gasteiger partial charge in [0, 0.05) is 23.9 Å². The maximum atomic E-state index is 14.5. The molecule has 34 heavy (non-hydrogen) atoms. The van der Waals surface area contributed by atoms with Gasteiger partial charge in [0.2, 0.25) is 5.91 Å². The van der Waals surface area contributed by atoms with Crippen molar-refractivity contribution in [1.29, 1.82) is 0 Å². The van der Waals surface area contributed by atoms with Crippen molar-refractivity contribution in [3.05, 3.63) is 64.2 Å². The number of hydrogen-bond acceptors (Lipinski definition) is 5. The average Bonchev–Trinajstić information content (AvgIpc) is 3.15.